The third-order valence-corrected chi connectivity index (χ3v) is 5.91. The number of hydrogen-bond donors (Lipinski definition) is 0. The smallest absolute Gasteiger partial charge is 0.289 e. The van der Waals surface area contributed by atoms with E-state index in [1.807, 2.05) is 12.1 Å². The molecule has 0 N–H and O–H groups in total. The van der Waals surface area contributed by atoms with Crippen molar-refractivity contribution < 1.29 is 9.59 Å². The number of imide groups is 1. The highest BCUT2D eigenvalue weighted by atomic mass is 32.2. The molecule has 0 radical (unpaired) electrons. The topological polar surface area (TPSA) is 42.3 Å². The Kier molecular flexibility index (Phi) is 5.04. The van der Waals surface area contributed by atoms with E-state index in [0.29, 0.717) is 6.04 Å². The van der Waals surface area contributed by atoms with E-state index in [9.17, 15) is 9.59 Å². The first kappa shape index (κ1) is 17.8. The number of carbonyl (C=O) groups excluding carboxylic acids is 2. The van der Waals surface area contributed by atoms with Crippen LogP contribution in [0.15, 0.2) is 42.1 Å². The summed E-state index contributed by atoms with van der Waals surface area (Å²) in [6.07, 6.45) is 6.48. The molecular formula is C20H24N2O2S. The van der Waals surface area contributed by atoms with Crippen LogP contribution >= 0.6 is 11.8 Å². The maximum Gasteiger partial charge on any atom is 0.289 e. The standard InChI is InChI=1S/C20H24N2O2S/c1-13(2)7-5-8-14(3)22-12-11-15-16(9-6-10-17(15)22)18-19(23)21(4)20(24)25-18/h6-7,9-12,14,18H,5,8H2,1-4H3. The molecule has 4 nitrogen and oxygen atoms in total. The minimum atomic E-state index is -0.432. The number of hydrogen-bond acceptors (Lipinski definition) is 3. The van der Waals surface area contributed by atoms with Gasteiger partial charge in [0.15, 0.2) is 0 Å². The first-order chi connectivity index (χ1) is 11.9. The second kappa shape index (κ2) is 7.08. The van der Waals surface area contributed by atoms with Crippen LogP contribution < -0.4 is 0 Å². The van der Waals surface area contributed by atoms with Crippen LogP contribution in [0, 0.1) is 0 Å². The van der Waals surface area contributed by atoms with Gasteiger partial charge in [-0.3, -0.25) is 14.5 Å². The van der Waals surface area contributed by atoms with E-state index in [1.54, 1.807) is 7.05 Å². The quantitative estimate of drug-likeness (QED) is 0.681. The molecule has 132 valence electrons. The molecule has 2 aromatic rings. The van der Waals surface area contributed by atoms with Crippen LogP contribution in [-0.2, 0) is 4.79 Å². The van der Waals surface area contributed by atoms with Gasteiger partial charge in [-0.1, -0.05) is 23.8 Å². The number of fused-ring (bicyclic) bond motifs is 1. The van der Waals surface area contributed by atoms with Gasteiger partial charge in [-0.15, -0.1) is 0 Å². The molecular weight excluding hydrogens is 332 g/mol. The Morgan fingerprint density at radius 1 is 1.28 bits per heavy atom. The van der Waals surface area contributed by atoms with Gasteiger partial charge < -0.3 is 4.57 Å². The lowest BCUT2D eigenvalue weighted by atomic mass is 10.1. The van der Waals surface area contributed by atoms with Crippen LogP contribution in [-0.4, -0.2) is 27.7 Å². The van der Waals surface area contributed by atoms with Crippen molar-refractivity contribution in [3.63, 3.8) is 0 Å². The predicted molar refractivity (Wildman–Crippen MR) is 104 cm³/mol. The lowest BCUT2D eigenvalue weighted by molar-refractivity contribution is -0.125. The largest absolute Gasteiger partial charge is 0.345 e. The van der Waals surface area contributed by atoms with Gasteiger partial charge in [0.05, 0.1) is 0 Å². The molecule has 0 aliphatic carbocycles. The van der Waals surface area contributed by atoms with Gasteiger partial charge in [-0.05, 0) is 63.1 Å². The number of likely N-dealkylation sites (N-methyl/N-ethyl adjacent to an activating group) is 1. The zero-order valence-corrected chi connectivity index (χ0v) is 16.0. The van der Waals surface area contributed by atoms with Crippen LogP contribution in [0.2, 0.25) is 0 Å². The van der Waals surface area contributed by atoms with Crippen molar-refractivity contribution >= 4 is 33.8 Å². The fourth-order valence-corrected chi connectivity index (χ4v) is 4.31. The average molecular weight is 356 g/mol. The summed E-state index contributed by atoms with van der Waals surface area (Å²) in [7, 11) is 1.55. The van der Waals surface area contributed by atoms with Crippen molar-refractivity contribution in [3.8, 4) is 0 Å². The molecule has 2 unspecified atom stereocenters. The molecule has 1 aliphatic rings. The second-order valence-corrected chi connectivity index (χ2v) is 7.93. The molecule has 1 aliphatic heterocycles. The van der Waals surface area contributed by atoms with E-state index >= 15 is 0 Å². The summed E-state index contributed by atoms with van der Waals surface area (Å²) in [6.45, 7) is 6.46. The molecule has 1 aromatic carbocycles. The van der Waals surface area contributed by atoms with Gasteiger partial charge in [0.2, 0.25) is 5.91 Å². The average Bonchev–Trinajstić information content (AvgIpc) is 3.11. The monoisotopic (exact) mass is 356 g/mol. The molecule has 3 rings (SSSR count). The molecule has 0 spiro atoms. The third kappa shape index (κ3) is 3.38. The summed E-state index contributed by atoms with van der Waals surface area (Å²) in [6, 6.07) is 8.47. The molecule has 1 aromatic heterocycles. The van der Waals surface area contributed by atoms with E-state index in [1.165, 1.54) is 10.5 Å². The number of carbonyl (C=O) groups is 2. The molecule has 2 heterocycles. The number of nitrogens with zero attached hydrogens (tertiary/aromatic N) is 2. The van der Waals surface area contributed by atoms with E-state index in [4.69, 9.17) is 0 Å². The maximum atomic E-state index is 12.4. The SMILES string of the molecule is CC(C)=CCCC(C)n1ccc2c(C3SC(=O)N(C)C3=O)cccc21. The van der Waals surface area contributed by atoms with Crippen LogP contribution in [0.5, 0.6) is 0 Å². The van der Waals surface area contributed by atoms with Crippen molar-refractivity contribution in [2.24, 2.45) is 0 Å². The fraction of sp³-hybridized carbons (Fsp3) is 0.400. The van der Waals surface area contributed by atoms with Crippen molar-refractivity contribution in [1.29, 1.82) is 0 Å². The van der Waals surface area contributed by atoms with Gasteiger partial charge in [0.25, 0.3) is 5.24 Å². The van der Waals surface area contributed by atoms with Crippen molar-refractivity contribution in [1.82, 2.24) is 9.47 Å². The molecule has 5 heteroatoms. The molecule has 0 saturated carbocycles. The minimum absolute atomic E-state index is 0.133. The van der Waals surface area contributed by atoms with E-state index < -0.39 is 5.25 Å². The van der Waals surface area contributed by atoms with E-state index in [0.717, 1.165) is 41.1 Å². The minimum Gasteiger partial charge on any atom is -0.345 e. The molecule has 2 atom stereocenters. The van der Waals surface area contributed by atoms with Crippen molar-refractivity contribution in [2.75, 3.05) is 7.05 Å². The third-order valence-electron chi connectivity index (χ3n) is 4.74. The number of rotatable bonds is 5. The first-order valence-corrected chi connectivity index (χ1v) is 9.49. The number of amides is 2. The summed E-state index contributed by atoms with van der Waals surface area (Å²) in [4.78, 5) is 25.4. The molecule has 1 fully saturated rings. The summed E-state index contributed by atoms with van der Waals surface area (Å²) in [5.74, 6) is -0.133. The zero-order chi connectivity index (χ0) is 18.1. The fourth-order valence-electron chi connectivity index (χ4n) is 3.27. The molecule has 2 amide bonds. The number of aromatic nitrogens is 1. The van der Waals surface area contributed by atoms with Gasteiger partial charge in [0.1, 0.15) is 5.25 Å². The highest BCUT2D eigenvalue weighted by Gasteiger charge is 2.39. The molecule has 0 bridgehead atoms. The van der Waals surface area contributed by atoms with Crippen LogP contribution in [0.1, 0.15) is 50.5 Å². The predicted octanol–water partition coefficient (Wildman–Crippen LogP) is 5.32. The highest BCUT2D eigenvalue weighted by Crippen LogP contribution is 2.41. The van der Waals surface area contributed by atoms with Crippen LogP contribution in [0.4, 0.5) is 4.79 Å². The lowest BCUT2D eigenvalue weighted by Gasteiger charge is -2.16. The Hall–Kier alpha value is -2.01. The molecule has 25 heavy (non-hydrogen) atoms. The lowest BCUT2D eigenvalue weighted by Crippen LogP contribution is -2.24. The Labute approximate surface area is 152 Å². The van der Waals surface area contributed by atoms with Crippen LogP contribution in [0.25, 0.3) is 10.9 Å². The maximum absolute atomic E-state index is 12.4. The molecule has 1 saturated heterocycles. The normalized spacial score (nSPS) is 18.9. The highest BCUT2D eigenvalue weighted by molar-refractivity contribution is 8.15. The summed E-state index contributed by atoms with van der Waals surface area (Å²) >= 11 is 1.10. The number of thioether (sulfide) groups is 1. The second-order valence-electron chi connectivity index (χ2n) is 6.87. The zero-order valence-electron chi connectivity index (χ0n) is 15.2. The van der Waals surface area contributed by atoms with E-state index in [2.05, 4.69) is 49.7 Å². The summed E-state index contributed by atoms with van der Waals surface area (Å²) < 4.78 is 2.27. The van der Waals surface area contributed by atoms with Crippen molar-refractivity contribution in [3.05, 3.63) is 47.7 Å². The Morgan fingerprint density at radius 2 is 2.04 bits per heavy atom. The van der Waals surface area contributed by atoms with Gasteiger partial charge >= 0.3 is 0 Å². The van der Waals surface area contributed by atoms with E-state index in [-0.39, 0.29) is 11.1 Å². The Bertz CT molecular complexity index is 848. The Balaban J connectivity index is 1.92. The number of benzene rings is 1. The van der Waals surface area contributed by atoms with Crippen molar-refractivity contribution in [2.45, 2.75) is 44.9 Å². The van der Waals surface area contributed by atoms with Gasteiger partial charge in [-0.25, -0.2) is 0 Å². The number of allylic oxidation sites excluding steroid dienone is 2. The van der Waals surface area contributed by atoms with Gasteiger partial charge in [-0.2, -0.15) is 0 Å². The van der Waals surface area contributed by atoms with Gasteiger partial charge in [0, 0.05) is 30.2 Å². The first-order valence-electron chi connectivity index (χ1n) is 8.61. The Morgan fingerprint density at radius 3 is 2.68 bits per heavy atom. The summed E-state index contributed by atoms with van der Waals surface area (Å²) in [5, 5.41) is 0.449. The van der Waals surface area contributed by atoms with Crippen LogP contribution in [0.3, 0.4) is 0 Å². The summed E-state index contributed by atoms with van der Waals surface area (Å²) in [5.41, 5.74) is 3.40.